The van der Waals surface area contributed by atoms with Crippen LogP contribution in [0.2, 0.25) is 0 Å². The zero-order chi connectivity index (χ0) is 16.7. The normalized spacial score (nSPS) is 12.1. The first kappa shape index (κ1) is 20.2. The van der Waals surface area contributed by atoms with Gasteiger partial charge in [-0.3, -0.25) is 9.98 Å². The summed E-state index contributed by atoms with van der Waals surface area (Å²) in [4.78, 5) is 8.66. The molecule has 2 aromatic rings. The summed E-state index contributed by atoms with van der Waals surface area (Å²) >= 11 is 0. The Kier molecular flexibility index (Phi) is 8.53. The maximum Gasteiger partial charge on any atom is 0.191 e. The lowest BCUT2D eigenvalue weighted by molar-refractivity contribution is 0.405. The fourth-order valence-corrected chi connectivity index (χ4v) is 2.37. The van der Waals surface area contributed by atoms with Crippen LogP contribution in [0.25, 0.3) is 0 Å². The van der Waals surface area contributed by atoms with Crippen LogP contribution in [-0.4, -0.2) is 25.1 Å². The molecule has 0 aliphatic rings. The molecule has 0 amide bonds. The number of rotatable bonds is 5. The summed E-state index contributed by atoms with van der Waals surface area (Å²) < 4.78 is 5.42. The molecule has 5 nitrogen and oxygen atoms in total. The van der Waals surface area contributed by atoms with E-state index >= 15 is 0 Å². The molecule has 1 aromatic heterocycles. The van der Waals surface area contributed by atoms with Crippen LogP contribution in [0, 0.1) is 6.92 Å². The Labute approximate surface area is 161 Å². The van der Waals surface area contributed by atoms with Gasteiger partial charge in [0.05, 0.1) is 25.4 Å². The van der Waals surface area contributed by atoms with Crippen LogP contribution >= 0.6 is 24.0 Å². The van der Waals surface area contributed by atoms with Crippen LogP contribution in [-0.2, 0) is 6.54 Å². The first-order valence-corrected chi connectivity index (χ1v) is 7.66. The smallest absolute Gasteiger partial charge is 0.191 e. The number of hydrogen-bond acceptors (Lipinski definition) is 3. The van der Waals surface area contributed by atoms with Crippen molar-refractivity contribution < 1.29 is 4.74 Å². The van der Waals surface area contributed by atoms with Gasteiger partial charge in [0, 0.05) is 18.8 Å². The number of nitrogens with one attached hydrogen (secondary N) is 2. The molecule has 2 rings (SSSR count). The van der Waals surface area contributed by atoms with Gasteiger partial charge in [0.15, 0.2) is 5.96 Å². The van der Waals surface area contributed by atoms with Gasteiger partial charge in [-0.15, -0.1) is 24.0 Å². The number of aliphatic imine (C=N–C) groups is 1. The van der Waals surface area contributed by atoms with Gasteiger partial charge in [-0.1, -0.05) is 24.3 Å². The van der Waals surface area contributed by atoms with Crippen molar-refractivity contribution in [1.82, 2.24) is 15.6 Å². The molecule has 0 saturated carbocycles. The maximum atomic E-state index is 5.42. The van der Waals surface area contributed by atoms with Crippen molar-refractivity contribution in [1.29, 1.82) is 0 Å². The molecule has 1 unspecified atom stereocenters. The lowest BCUT2D eigenvalue weighted by Gasteiger charge is -2.20. The number of pyridine rings is 1. The van der Waals surface area contributed by atoms with E-state index in [1.807, 2.05) is 30.3 Å². The summed E-state index contributed by atoms with van der Waals surface area (Å²) in [5.74, 6) is 1.59. The molecule has 0 spiro atoms. The molecule has 0 fully saturated rings. The Bertz CT molecular complexity index is 676. The second kappa shape index (κ2) is 10.1. The zero-order valence-electron chi connectivity index (χ0n) is 14.5. The van der Waals surface area contributed by atoms with Gasteiger partial charge in [-0.05, 0) is 31.5 Å². The standard InChI is InChI=1S/C18H24N4O.HI/c1-13-8-7-11-20-16(13)12-21-18(19-3)22-14(2)15-9-5-6-10-17(15)23-4;/h5-11,14H,12H2,1-4H3,(H2,19,21,22);1H. The number of nitrogens with zero attached hydrogens (tertiary/aromatic N) is 2. The summed E-state index contributed by atoms with van der Waals surface area (Å²) in [6, 6.07) is 12.0. The third-order valence-electron chi connectivity index (χ3n) is 3.72. The lowest BCUT2D eigenvalue weighted by Crippen LogP contribution is -2.38. The third-order valence-corrected chi connectivity index (χ3v) is 3.72. The first-order valence-electron chi connectivity index (χ1n) is 7.66. The van der Waals surface area contributed by atoms with E-state index in [-0.39, 0.29) is 30.0 Å². The van der Waals surface area contributed by atoms with Gasteiger partial charge >= 0.3 is 0 Å². The highest BCUT2D eigenvalue weighted by Crippen LogP contribution is 2.24. The molecule has 0 bridgehead atoms. The molecule has 6 heteroatoms. The van der Waals surface area contributed by atoms with Crippen molar-refractivity contribution in [2.24, 2.45) is 4.99 Å². The molecule has 1 heterocycles. The van der Waals surface area contributed by atoms with Crippen LogP contribution in [0.5, 0.6) is 5.75 Å². The van der Waals surface area contributed by atoms with Crippen LogP contribution in [0.3, 0.4) is 0 Å². The van der Waals surface area contributed by atoms with E-state index in [0.29, 0.717) is 6.54 Å². The number of benzene rings is 1. The van der Waals surface area contributed by atoms with E-state index in [2.05, 4.69) is 40.5 Å². The monoisotopic (exact) mass is 440 g/mol. The highest BCUT2D eigenvalue weighted by atomic mass is 127. The Morgan fingerprint density at radius 2 is 2.00 bits per heavy atom. The van der Waals surface area contributed by atoms with E-state index in [1.165, 1.54) is 0 Å². The second-order valence-electron chi connectivity index (χ2n) is 5.30. The Hall–Kier alpha value is -1.83. The number of para-hydroxylation sites is 1. The number of hydrogen-bond donors (Lipinski definition) is 2. The average molecular weight is 440 g/mol. The molecule has 0 aliphatic carbocycles. The SMILES string of the molecule is CN=C(NCc1ncccc1C)NC(C)c1ccccc1OC.I. The van der Waals surface area contributed by atoms with Crippen LogP contribution in [0.1, 0.15) is 29.8 Å². The van der Waals surface area contributed by atoms with Gasteiger partial charge in [0.2, 0.25) is 0 Å². The van der Waals surface area contributed by atoms with E-state index in [0.717, 1.165) is 28.5 Å². The quantitative estimate of drug-likeness (QED) is 0.425. The van der Waals surface area contributed by atoms with Crippen molar-refractivity contribution in [2.45, 2.75) is 26.4 Å². The Morgan fingerprint density at radius 1 is 1.25 bits per heavy atom. The Balaban J connectivity index is 0.00000288. The Morgan fingerprint density at radius 3 is 2.67 bits per heavy atom. The first-order chi connectivity index (χ1) is 11.2. The summed E-state index contributed by atoms with van der Waals surface area (Å²) in [5.41, 5.74) is 3.26. The fourth-order valence-electron chi connectivity index (χ4n) is 2.37. The highest BCUT2D eigenvalue weighted by molar-refractivity contribution is 14.0. The number of halogens is 1. The van der Waals surface area contributed by atoms with Gasteiger partial charge in [-0.25, -0.2) is 0 Å². The minimum atomic E-state index is 0. The molecule has 0 saturated heterocycles. The van der Waals surface area contributed by atoms with Crippen molar-refractivity contribution in [3.8, 4) is 5.75 Å². The topological polar surface area (TPSA) is 58.5 Å². The van der Waals surface area contributed by atoms with Crippen molar-refractivity contribution in [2.75, 3.05) is 14.2 Å². The van der Waals surface area contributed by atoms with E-state index < -0.39 is 0 Å². The fraction of sp³-hybridized carbons (Fsp3) is 0.333. The van der Waals surface area contributed by atoms with Gasteiger partial charge < -0.3 is 15.4 Å². The summed E-state index contributed by atoms with van der Waals surface area (Å²) in [6.45, 7) is 4.76. The summed E-state index contributed by atoms with van der Waals surface area (Å²) in [7, 11) is 3.44. The summed E-state index contributed by atoms with van der Waals surface area (Å²) in [5, 5.41) is 6.68. The number of methoxy groups -OCH3 is 1. The molecule has 1 aromatic carbocycles. The van der Waals surface area contributed by atoms with Crippen molar-refractivity contribution in [3.63, 3.8) is 0 Å². The van der Waals surface area contributed by atoms with Crippen molar-refractivity contribution in [3.05, 3.63) is 59.4 Å². The molecule has 0 radical (unpaired) electrons. The van der Waals surface area contributed by atoms with Crippen molar-refractivity contribution >= 4 is 29.9 Å². The molecule has 2 N–H and O–H groups in total. The predicted molar refractivity (Wildman–Crippen MR) is 109 cm³/mol. The van der Waals surface area contributed by atoms with E-state index in [1.54, 1.807) is 20.4 Å². The minimum absolute atomic E-state index is 0. The largest absolute Gasteiger partial charge is 0.496 e. The number of aryl methyl sites for hydroxylation is 1. The molecular formula is C18H25IN4O. The third kappa shape index (κ3) is 5.36. The highest BCUT2D eigenvalue weighted by Gasteiger charge is 2.12. The van der Waals surface area contributed by atoms with Crippen LogP contribution in [0.15, 0.2) is 47.6 Å². The summed E-state index contributed by atoms with van der Waals surface area (Å²) in [6.07, 6.45) is 1.80. The van der Waals surface area contributed by atoms with E-state index in [9.17, 15) is 0 Å². The van der Waals surface area contributed by atoms with Gasteiger partial charge in [0.25, 0.3) is 0 Å². The van der Waals surface area contributed by atoms with Gasteiger partial charge in [-0.2, -0.15) is 0 Å². The number of aromatic nitrogens is 1. The zero-order valence-corrected chi connectivity index (χ0v) is 16.9. The average Bonchev–Trinajstić information content (AvgIpc) is 2.59. The lowest BCUT2D eigenvalue weighted by atomic mass is 10.1. The minimum Gasteiger partial charge on any atom is -0.496 e. The van der Waals surface area contributed by atoms with E-state index in [4.69, 9.17) is 4.74 Å². The molecule has 130 valence electrons. The van der Waals surface area contributed by atoms with Crippen LogP contribution < -0.4 is 15.4 Å². The predicted octanol–water partition coefficient (Wildman–Crippen LogP) is 3.44. The molecule has 24 heavy (non-hydrogen) atoms. The molecule has 1 atom stereocenters. The van der Waals surface area contributed by atoms with Gasteiger partial charge in [0.1, 0.15) is 5.75 Å². The number of guanidine groups is 1. The second-order valence-corrected chi connectivity index (χ2v) is 5.30. The molecule has 0 aliphatic heterocycles. The van der Waals surface area contributed by atoms with Crippen LogP contribution in [0.4, 0.5) is 0 Å². The maximum absolute atomic E-state index is 5.42. The molecular weight excluding hydrogens is 415 g/mol. The number of ether oxygens (including phenoxy) is 1.